The average molecular weight is 600 g/mol. The van der Waals surface area contributed by atoms with Crippen LogP contribution in [-0.4, -0.2) is 50.6 Å². The Kier molecular flexibility index (Phi) is 8.62. The molecule has 4 N–H and O–H groups in total. The number of piperidine rings is 1. The molecule has 2 fully saturated rings. The summed E-state index contributed by atoms with van der Waals surface area (Å²) in [6.45, 7) is 9.01. The van der Waals surface area contributed by atoms with E-state index >= 15 is 0 Å². The van der Waals surface area contributed by atoms with E-state index in [1.165, 1.54) is 19.3 Å². The van der Waals surface area contributed by atoms with Crippen molar-refractivity contribution in [3.63, 3.8) is 0 Å². The van der Waals surface area contributed by atoms with E-state index in [0.29, 0.717) is 28.2 Å². The van der Waals surface area contributed by atoms with Crippen molar-refractivity contribution in [3.8, 4) is 6.07 Å². The zero-order valence-corrected chi connectivity index (χ0v) is 26.1. The topological polar surface area (TPSA) is 104 Å². The molecule has 226 valence electrons. The number of nitrogens with zero attached hydrogens (tertiary/aromatic N) is 5. The summed E-state index contributed by atoms with van der Waals surface area (Å²) in [6.07, 6.45) is 15.5. The van der Waals surface area contributed by atoms with E-state index in [1.807, 2.05) is 18.3 Å². The van der Waals surface area contributed by atoms with E-state index in [2.05, 4.69) is 86.6 Å². The van der Waals surface area contributed by atoms with Crippen LogP contribution in [0, 0.1) is 11.3 Å². The molecule has 3 aliphatic rings. The van der Waals surface area contributed by atoms with Crippen molar-refractivity contribution < 1.29 is 0 Å². The van der Waals surface area contributed by atoms with Gasteiger partial charge in [0.25, 0.3) is 0 Å². The lowest BCUT2D eigenvalue weighted by molar-refractivity contribution is 0.0570. The van der Waals surface area contributed by atoms with Crippen molar-refractivity contribution in [2.45, 2.75) is 89.4 Å². The predicted molar refractivity (Wildman–Crippen MR) is 173 cm³/mol. The number of nitriles is 1. The van der Waals surface area contributed by atoms with Gasteiger partial charge < -0.3 is 16.1 Å². The van der Waals surface area contributed by atoms with Gasteiger partial charge in [0.1, 0.15) is 6.07 Å². The molecule has 0 amide bonds. The van der Waals surface area contributed by atoms with Crippen LogP contribution in [0.3, 0.4) is 0 Å². The van der Waals surface area contributed by atoms with Crippen molar-refractivity contribution in [3.05, 3.63) is 70.9 Å². The number of anilines is 2. The van der Waals surface area contributed by atoms with E-state index in [9.17, 15) is 5.26 Å². The minimum atomic E-state index is -0.212. The van der Waals surface area contributed by atoms with E-state index in [-0.39, 0.29) is 11.6 Å². The van der Waals surface area contributed by atoms with E-state index < -0.39 is 0 Å². The molecule has 43 heavy (non-hydrogen) atoms. The number of nitrogens with one attached hydrogen (secondary N) is 4. The molecule has 4 heterocycles. The van der Waals surface area contributed by atoms with Crippen LogP contribution in [0.4, 0.5) is 11.4 Å². The first kappa shape index (κ1) is 29.5. The van der Waals surface area contributed by atoms with Gasteiger partial charge in [0, 0.05) is 66.6 Å². The summed E-state index contributed by atoms with van der Waals surface area (Å²) in [4.78, 5) is 11.5. The highest BCUT2D eigenvalue weighted by Gasteiger charge is 2.32. The normalized spacial score (nSPS) is 19.5. The first-order chi connectivity index (χ1) is 20.8. The first-order valence-electron chi connectivity index (χ1n) is 15.5. The molecule has 1 saturated carbocycles. The fraction of sp³-hybridized carbons (Fsp3) is 0.485. The number of hydrogen-bond donors (Lipinski definition) is 4. The molecule has 0 spiro atoms. The summed E-state index contributed by atoms with van der Waals surface area (Å²) in [5.74, 6) is 0. The van der Waals surface area contributed by atoms with Gasteiger partial charge in [-0.3, -0.25) is 19.9 Å². The minimum absolute atomic E-state index is 0.189. The molecule has 1 atom stereocenters. The highest BCUT2D eigenvalue weighted by molar-refractivity contribution is 6.35. The van der Waals surface area contributed by atoms with Crippen molar-refractivity contribution in [2.24, 2.45) is 0 Å². The third-order valence-electron chi connectivity index (χ3n) is 9.05. The molecule has 1 saturated heterocycles. The Balaban J connectivity index is 1.30. The fourth-order valence-corrected chi connectivity index (χ4v) is 6.86. The van der Waals surface area contributed by atoms with Gasteiger partial charge >= 0.3 is 0 Å². The lowest BCUT2D eigenvalue weighted by atomic mass is 9.94. The summed E-state index contributed by atoms with van der Waals surface area (Å²) in [7, 11) is 0. The summed E-state index contributed by atoms with van der Waals surface area (Å²) in [5.41, 5.74) is 11.9. The number of likely N-dealkylation sites (tertiary alicyclic amines) is 1. The van der Waals surface area contributed by atoms with Gasteiger partial charge in [-0.2, -0.15) is 5.26 Å². The van der Waals surface area contributed by atoms with Crippen LogP contribution in [0.15, 0.2) is 54.8 Å². The molecule has 1 aromatic carbocycles. The maximum absolute atomic E-state index is 9.95. The maximum atomic E-state index is 9.95. The molecule has 2 aliphatic heterocycles. The van der Waals surface area contributed by atoms with Crippen molar-refractivity contribution in [1.29, 1.82) is 5.26 Å². The summed E-state index contributed by atoms with van der Waals surface area (Å²) >= 11 is 6.85. The average Bonchev–Trinajstić information content (AvgIpc) is 3.51. The molecule has 3 aromatic rings. The number of hydrogen-bond acceptors (Lipinski definition) is 9. The van der Waals surface area contributed by atoms with Gasteiger partial charge in [0.15, 0.2) is 0 Å². The van der Waals surface area contributed by atoms with E-state index in [4.69, 9.17) is 11.6 Å². The third kappa shape index (κ3) is 6.52. The second-order valence-corrected chi connectivity index (χ2v) is 13.4. The summed E-state index contributed by atoms with van der Waals surface area (Å²) < 4.78 is 0. The lowest BCUT2D eigenvalue weighted by Crippen LogP contribution is -2.52. The van der Waals surface area contributed by atoms with Gasteiger partial charge in [-0.25, -0.2) is 0 Å². The Labute approximate surface area is 259 Å². The summed E-state index contributed by atoms with van der Waals surface area (Å²) in [5, 5.41) is 21.0. The van der Waals surface area contributed by atoms with Crippen molar-refractivity contribution in [1.82, 2.24) is 30.8 Å². The first-order valence-corrected chi connectivity index (χ1v) is 15.9. The van der Waals surface area contributed by atoms with Crippen LogP contribution >= 0.6 is 11.6 Å². The molecule has 0 radical (unpaired) electrons. The molecule has 1 aliphatic carbocycles. The Morgan fingerprint density at radius 3 is 2.58 bits per heavy atom. The lowest BCUT2D eigenvalue weighted by Gasteiger charge is -2.42. The number of halogens is 1. The third-order valence-corrected chi connectivity index (χ3v) is 9.34. The van der Waals surface area contributed by atoms with Crippen molar-refractivity contribution >= 4 is 33.9 Å². The highest BCUT2D eigenvalue weighted by Crippen LogP contribution is 2.37. The molecular formula is C33H42ClN9. The molecular weight excluding hydrogens is 558 g/mol. The number of aromatic nitrogens is 2. The number of hydrazine groups is 2. The van der Waals surface area contributed by atoms with Crippen LogP contribution in [0.1, 0.15) is 82.9 Å². The van der Waals surface area contributed by atoms with Crippen LogP contribution in [0.25, 0.3) is 10.9 Å². The molecule has 6 rings (SSSR count). The van der Waals surface area contributed by atoms with Crippen LogP contribution in [0.2, 0.25) is 5.02 Å². The summed E-state index contributed by atoms with van der Waals surface area (Å²) in [6, 6.07) is 10.9. The Bertz CT molecular complexity index is 1500. The molecule has 0 unspecified atom stereocenters. The Morgan fingerprint density at radius 2 is 1.88 bits per heavy atom. The predicted octanol–water partition coefficient (Wildman–Crippen LogP) is 6.48. The maximum Gasteiger partial charge on any atom is 0.103 e. The largest absolute Gasteiger partial charge is 0.381 e. The molecule has 10 heteroatoms. The number of benzene rings is 1. The van der Waals surface area contributed by atoms with Gasteiger partial charge in [-0.15, -0.1) is 5.53 Å². The monoisotopic (exact) mass is 599 g/mol. The van der Waals surface area contributed by atoms with E-state index in [0.717, 1.165) is 66.8 Å². The zero-order chi connectivity index (χ0) is 30.0. The van der Waals surface area contributed by atoms with Crippen LogP contribution in [-0.2, 0) is 0 Å². The highest BCUT2D eigenvalue weighted by atomic mass is 35.5. The van der Waals surface area contributed by atoms with Gasteiger partial charge in [0.05, 0.1) is 33.5 Å². The standard InChI is InChI=1S/C33H42ClN9/c1-33(2,3)42-14-11-26(12-15-42)43-21-29(40-41-43)31(22-8-7-13-36-19-22)39-25-16-27-30(38-24-9-5-4-6-10-24)23(18-35)20-37-32(27)28(34)17-25/h7-8,13,16-17,19-21,24,26,31,39-41H,4-6,9-12,14-15H2,1-3H3,(H,37,38)/t31-/m0/s1. The number of rotatable bonds is 7. The molecule has 9 nitrogen and oxygen atoms in total. The number of pyridine rings is 2. The minimum Gasteiger partial charge on any atom is -0.381 e. The molecule has 2 aromatic heterocycles. The quantitative estimate of drug-likeness (QED) is 0.243. The van der Waals surface area contributed by atoms with Crippen molar-refractivity contribution in [2.75, 3.05) is 23.7 Å². The Morgan fingerprint density at radius 1 is 1.09 bits per heavy atom. The van der Waals surface area contributed by atoms with Gasteiger partial charge in [0.2, 0.25) is 0 Å². The van der Waals surface area contributed by atoms with E-state index in [1.54, 1.807) is 12.4 Å². The molecule has 0 bridgehead atoms. The Hall–Kier alpha value is -3.58. The zero-order valence-electron chi connectivity index (χ0n) is 25.3. The second-order valence-electron chi connectivity index (χ2n) is 13.0. The fourth-order valence-electron chi connectivity index (χ4n) is 6.59. The van der Waals surface area contributed by atoms with Gasteiger partial charge in [-0.1, -0.05) is 36.9 Å². The SMILES string of the molecule is CC(C)(C)N1CCC(N2C=C([C@@H](Nc3cc(Cl)c4ncc(C#N)c(NC5CCCCC5)c4c3)c3cccnc3)NN2)CC1. The number of fused-ring (bicyclic) bond motifs is 1. The van der Waals surface area contributed by atoms with Crippen LogP contribution < -0.4 is 21.6 Å². The van der Waals surface area contributed by atoms with Crippen LogP contribution in [0.5, 0.6) is 0 Å². The second kappa shape index (κ2) is 12.6. The smallest absolute Gasteiger partial charge is 0.103 e. The van der Waals surface area contributed by atoms with Gasteiger partial charge in [-0.05, 0) is 70.2 Å².